The van der Waals surface area contributed by atoms with Gasteiger partial charge in [0.25, 0.3) is 0 Å². The minimum Gasteiger partial charge on any atom is -0.457 e. The van der Waals surface area contributed by atoms with Crippen molar-refractivity contribution in [1.82, 2.24) is 4.90 Å². The summed E-state index contributed by atoms with van der Waals surface area (Å²) < 4.78 is 10.4. The smallest absolute Gasteiger partial charge is 0.419 e. The maximum Gasteiger partial charge on any atom is 0.419 e. The normalized spacial score (nSPS) is 16.8. The lowest BCUT2D eigenvalue weighted by molar-refractivity contribution is -0.143. The molecule has 1 fully saturated rings. The van der Waals surface area contributed by atoms with Gasteiger partial charge in [0.15, 0.2) is 0 Å². The number of nitrogens with zero attached hydrogens (tertiary/aromatic N) is 3. The van der Waals surface area contributed by atoms with Gasteiger partial charge in [-0.05, 0) is 19.8 Å². The van der Waals surface area contributed by atoms with Crippen molar-refractivity contribution >= 4 is 11.7 Å². The van der Waals surface area contributed by atoms with Gasteiger partial charge in [-0.1, -0.05) is 13.8 Å². The van der Waals surface area contributed by atoms with Gasteiger partial charge in [-0.3, -0.25) is 4.90 Å². The molecule has 6 heteroatoms. The third-order valence-electron chi connectivity index (χ3n) is 3.80. The van der Waals surface area contributed by atoms with Gasteiger partial charge in [-0.25, -0.2) is 4.79 Å². The molecule has 0 atom stereocenters. The van der Waals surface area contributed by atoms with Crippen molar-refractivity contribution in [3.8, 4) is 0 Å². The van der Waals surface area contributed by atoms with Crippen molar-refractivity contribution in [2.24, 2.45) is 0 Å². The van der Waals surface area contributed by atoms with Crippen molar-refractivity contribution in [2.75, 3.05) is 32.9 Å². The van der Waals surface area contributed by atoms with E-state index in [-0.39, 0.29) is 12.3 Å². The van der Waals surface area contributed by atoms with Crippen LogP contribution in [0.15, 0.2) is 0 Å². The number of rotatable bonds is 6. The minimum absolute atomic E-state index is 0.0984. The lowest BCUT2D eigenvalue weighted by Gasteiger charge is -2.40. The van der Waals surface area contributed by atoms with E-state index >= 15 is 0 Å². The van der Waals surface area contributed by atoms with Gasteiger partial charge in [0, 0.05) is 13.1 Å². The molecule has 0 unspecified atom stereocenters. The van der Waals surface area contributed by atoms with E-state index in [1.54, 1.807) is 6.92 Å². The van der Waals surface area contributed by atoms with Crippen LogP contribution in [0, 0.1) is 0 Å². The van der Waals surface area contributed by atoms with Crippen molar-refractivity contribution in [1.29, 1.82) is 0 Å². The standard InChI is InChI=1S/C13H23N3O3/c1-4-13(5-2,16-7-9-18-10-8-16)11(15-14)12(17)19-6-3/h4-10H2,1-3H3. The van der Waals surface area contributed by atoms with Crippen LogP contribution in [0.25, 0.3) is 5.53 Å². The van der Waals surface area contributed by atoms with Crippen LogP contribution in [-0.2, 0) is 14.3 Å². The summed E-state index contributed by atoms with van der Waals surface area (Å²) in [6, 6.07) is 0. The molecular weight excluding hydrogens is 246 g/mol. The molecule has 0 radical (unpaired) electrons. The maximum atomic E-state index is 12.0. The van der Waals surface area contributed by atoms with Gasteiger partial charge in [0.05, 0.1) is 19.8 Å². The number of esters is 1. The van der Waals surface area contributed by atoms with Gasteiger partial charge in [0.2, 0.25) is 0 Å². The van der Waals surface area contributed by atoms with Crippen LogP contribution in [-0.4, -0.2) is 59.8 Å². The topological polar surface area (TPSA) is 75.2 Å². The second kappa shape index (κ2) is 7.38. The zero-order chi connectivity index (χ0) is 14.3. The first kappa shape index (κ1) is 15.8. The number of hydrogen-bond acceptors (Lipinski definition) is 4. The summed E-state index contributed by atoms with van der Waals surface area (Å²) in [6.45, 7) is 8.69. The number of carbonyl (C=O) groups excluding carboxylic acids is 1. The summed E-state index contributed by atoms with van der Waals surface area (Å²) in [6.07, 6.45) is 1.36. The Morgan fingerprint density at radius 1 is 1.32 bits per heavy atom. The Hall–Kier alpha value is -1.23. The van der Waals surface area contributed by atoms with Crippen LogP contribution in [0.5, 0.6) is 0 Å². The highest BCUT2D eigenvalue weighted by molar-refractivity contribution is 6.37. The van der Waals surface area contributed by atoms with E-state index in [9.17, 15) is 10.3 Å². The Morgan fingerprint density at radius 2 is 1.89 bits per heavy atom. The fourth-order valence-electron chi connectivity index (χ4n) is 2.70. The fourth-order valence-corrected chi connectivity index (χ4v) is 2.70. The second-order valence-electron chi connectivity index (χ2n) is 4.51. The van der Waals surface area contributed by atoms with Gasteiger partial charge in [-0.15, -0.1) is 0 Å². The number of hydrogen-bond donors (Lipinski definition) is 0. The van der Waals surface area contributed by atoms with Crippen LogP contribution in [0.4, 0.5) is 0 Å². The zero-order valence-electron chi connectivity index (χ0n) is 12.0. The quantitative estimate of drug-likeness (QED) is 0.313. The molecule has 1 aliphatic rings. The SMILES string of the molecule is CCOC(=O)C(=[N+]=[N-])C(CC)(CC)N1CCOCC1. The van der Waals surface area contributed by atoms with Gasteiger partial charge in [0.1, 0.15) is 5.54 Å². The van der Waals surface area contributed by atoms with Crippen molar-refractivity contribution < 1.29 is 19.1 Å². The first-order valence-electron chi connectivity index (χ1n) is 6.88. The third kappa shape index (κ3) is 3.21. The van der Waals surface area contributed by atoms with E-state index in [1.165, 1.54) is 0 Å². The number of carbonyl (C=O) groups is 1. The van der Waals surface area contributed by atoms with Crippen molar-refractivity contribution in [2.45, 2.75) is 39.2 Å². The van der Waals surface area contributed by atoms with Crippen LogP contribution in [0.3, 0.4) is 0 Å². The first-order valence-corrected chi connectivity index (χ1v) is 6.88. The Kier molecular flexibility index (Phi) is 6.15. The highest BCUT2D eigenvalue weighted by Gasteiger charge is 2.49. The third-order valence-corrected chi connectivity index (χ3v) is 3.80. The molecule has 0 saturated carbocycles. The van der Waals surface area contributed by atoms with Gasteiger partial charge in [-0.2, -0.15) is 4.79 Å². The van der Waals surface area contributed by atoms with Crippen LogP contribution in [0.2, 0.25) is 0 Å². The Bertz CT molecular complexity index is 354. The number of ether oxygens (including phenoxy) is 2. The summed E-state index contributed by atoms with van der Waals surface area (Å²) in [5.74, 6) is -0.541. The second-order valence-corrected chi connectivity index (χ2v) is 4.51. The first-order chi connectivity index (χ1) is 9.16. The van der Waals surface area contributed by atoms with Crippen molar-refractivity contribution in [3.05, 3.63) is 5.53 Å². The Labute approximate surface area is 114 Å². The zero-order valence-corrected chi connectivity index (χ0v) is 12.0. The van der Waals surface area contributed by atoms with E-state index in [4.69, 9.17) is 9.47 Å². The average molecular weight is 269 g/mol. The minimum atomic E-state index is -0.579. The largest absolute Gasteiger partial charge is 0.457 e. The summed E-state index contributed by atoms with van der Waals surface area (Å²) in [5, 5.41) is 0. The predicted octanol–water partition coefficient (Wildman–Crippen LogP) is 1.11. The highest BCUT2D eigenvalue weighted by Crippen LogP contribution is 2.27. The average Bonchev–Trinajstić information content (AvgIpc) is 2.46. The molecule has 1 rings (SSSR count). The molecular formula is C13H23N3O3. The molecule has 0 N–H and O–H groups in total. The molecule has 0 aromatic carbocycles. The maximum absolute atomic E-state index is 12.0. The Balaban J connectivity index is 3.08. The molecule has 1 heterocycles. The summed E-state index contributed by atoms with van der Waals surface area (Å²) in [5.41, 5.74) is 8.80. The molecule has 0 spiro atoms. The number of morpholine rings is 1. The molecule has 0 aromatic heterocycles. The molecule has 108 valence electrons. The summed E-state index contributed by atoms with van der Waals surface area (Å²) in [4.78, 5) is 17.4. The monoisotopic (exact) mass is 269 g/mol. The molecule has 0 amide bonds. The fraction of sp³-hybridized carbons (Fsp3) is 0.846. The van der Waals surface area contributed by atoms with Crippen LogP contribution < -0.4 is 0 Å². The molecule has 0 aliphatic carbocycles. The van der Waals surface area contributed by atoms with Crippen LogP contribution in [0.1, 0.15) is 33.6 Å². The van der Waals surface area contributed by atoms with E-state index in [2.05, 4.69) is 9.69 Å². The molecule has 19 heavy (non-hydrogen) atoms. The van der Waals surface area contributed by atoms with Crippen LogP contribution >= 0.6 is 0 Å². The predicted molar refractivity (Wildman–Crippen MR) is 71.0 cm³/mol. The molecule has 1 saturated heterocycles. The molecule has 0 aromatic rings. The van der Waals surface area contributed by atoms with Crippen molar-refractivity contribution in [3.63, 3.8) is 0 Å². The molecule has 1 aliphatic heterocycles. The summed E-state index contributed by atoms with van der Waals surface area (Å²) >= 11 is 0. The van der Waals surface area contributed by atoms with E-state index in [0.717, 1.165) is 13.1 Å². The van der Waals surface area contributed by atoms with Gasteiger partial charge < -0.3 is 15.0 Å². The molecule has 6 nitrogen and oxygen atoms in total. The van der Waals surface area contributed by atoms with E-state index in [1.807, 2.05) is 13.8 Å². The van der Waals surface area contributed by atoms with E-state index in [0.29, 0.717) is 26.1 Å². The lowest BCUT2D eigenvalue weighted by Crippen LogP contribution is -2.60. The lowest BCUT2D eigenvalue weighted by atomic mass is 9.84. The van der Waals surface area contributed by atoms with Gasteiger partial charge >= 0.3 is 11.7 Å². The highest BCUT2D eigenvalue weighted by atomic mass is 16.5. The molecule has 0 bridgehead atoms. The Morgan fingerprint density at radius 3 is 2.32 bits per heavy atom. The summed E-state index contributed by atoms with van der Waals surface area (Å²) in [7, 11) is 0. The van der Waals surface area contributed by atoms with E-state index < -0.39 is 11.5 Å².